The van der Waals surface area contributed by atoms with Crippen LogP contribution in [0.3, 0.4) is 0 Å². The zero-order valence-corrected chi connectivity index (χ0v) is 21.2. The van der Waals surface area contributed by atoms with Crippen LogP contribution in [0, 0.1) is 11.8 Å². The minimum Gasteiger partial charge on any atom is -0.465 e. The van der Waals surface area contributed by atoms with Gasteiger partial charge in [-0.15, -0.1) is 0 Å². The molecule has 0 aliphatic carbocycles. The highest BCUT2D eigenvalue weighted by molar-refractivity contribution is 5.75. The molecule has 0 aliphatic rings. The summed E-state index contributed by atoms with van der Waals surface area (Å²) in [7, 11) is 0. The number of hydrogen-bond acceptors (Lipinski definition) is 4. The number of carbonyl (C=O) groups excluding carboxylic acids is 2. The lowest BCUT2D eigenvalue weighted by Crippen LogP contribution is -2.23. The van der Waals surface area contributed by atoms with E-state index in [2.05, 4.69) is 13.8 Å². The lowest BCUT2D eigenvalue weighted by Gasteiger charge is -2.16. The predicted octanol–water partition coefficient (Wildman–Crippen LogP) is 8.02. The molecular weight excluding hydrogens is 388 g/mol. The van der Waals surface area contributed by atoms with E-state index in [0.717, 1.165) is 25.7 Å². The van der Waals surface area contributed by atoms with E-state index in [1.54, 1.807) is 0 Å². The maximum Gasteiger partial charge on any atom is 0.308 e. The van der Waals surface area contributed by atoms with Crippen LogP contribution in [0.15, 0.2) is 0 Å². The van der Waals surface area contributed by atoms with Crippen molar-refractivity contribution in [3.8, 4) is 0 Å². The van der Waals surface area contributed by atoms with Crippen LogP contribution in [0.5, 0.6) is 0 Å². The Morgan fingerprint density at radius 1 is 0.516 bits per heavy atom. The molecule has 0 bridgehead atoms. The van der Waals surface area contributed by atoms with Gasteiger partial charge in [0.25, 0.3) is 0 Å². The highest BCUT2D eigenvalue weighted by atomic mass is 16.5. The van der Waals surface area contributed by atoms with E-state index < -0.39 is 0 Å². The maximum atomic E-state index is 12.2. The predicted molar refractivity (Wildman–Crippen MR) is 130 cm³/mol. The van der Waals surface area contributed by atoms with Gasteiger partial charge >= 0.3 is 11.9 Å². The van der Waals surface area contributed by atoms with Crippen LogP contribution in [0.1, 0.15) is 137 Å². The summed E-state index contributed by atoms with van der Waals surface area (Å²) in [6.45, 7) is 9.15. The van der Waals surface area contributed by atoms with Gasteiger partial charge in [-0.05, 0) is 19.3 Å². The first kappa shape index (κ1) is 29.9. The van der Waals surface area contributed by atoms with E-state index in [0.29, 0.717) is 19.6 Å². The molecule has 31 heavy (non-hydrogen) atoms. The van der Waals surface area contributed by atoms with Crippen LogP contribution >= 0.6 is 0 Å². The van der Waals surface area contributed by atoms with Crippen LogP contribution in [-0.4, -0.2) is 25.2 Å². The molecule has 0 aromatic rings. The fourth-order valence-corrected chi connectivity index (χ4v) is 3.82. The molecule has 0 rings (SSSR count). The van der Waals surface area contributed by atoms with E-state index in [1.165, 1.54) is 77.0 Å². The number of ether oxygens (including phenoxy) is 2. The molecule has 2 unspecified atom stereocenters. The molecule has 4 nitrogen and oxygen atoms in total. The number of rotatable bonds is 22. The van der Waals surface area contributed by atoms with Gasteiger partial charge in [0.15, 0.2) is 0 Å². The van der Waals surface area contributed by atoms with Crippen molar-refractivity contribution in [2.45, 2.75) is 137 Å². The van der Waals surface area contributed by atoms with E-state index in [4.69, 9.17) is 9.47 Å². The second kappa shape index (κ2) is 22.1. The molecule has 0 saturated carbocycles. The smallest absolute Gasteiger partial charge is 0.308 e. The summed E-state index contributed by atoms with van der Waals surface area (Å²) >= 11 is 0. The van der Waals surface area contributed by atoms with Crippen molar-refractivity contribution in [2.24, 2.45) is 11.8 Å². The summed E-state index contributed by atoms with van der Waals surface area (Å²) in [5.41, 5.74) is 0. The highest BCUT2D eigenvalue weighted by Crippen LogP contribution is 2.16. The van der Waals surface area contributed by atoms with Crippen LogP contribution in [-0.2, 0) is 19.1 Å². The minimum absolute atomic E-state index is 0.189. The largest absolute Gasteiger partial charge is 0.465 e. The SMILES string of the molecule is CCCCCCCCCCOC(=O)C(C)CC(C)C(=O)OCCCCCCCCCC. The first-order valence-corrected chi connectivity index (χ1v) is 13.4. The molecule has 2 atom stereocenters. The molecule has 0 aromatic heterocycles. The Balaban J connectivity index is 3.66. The normalized spacial score (nSPS) is 13.0. The molecule has 4 heteroatoms. The molecule has 0 aromatic carbocycles. The third kappa shape index (κ3) is 19.4. The molecule has 0 saturated heterocycles. The van der Waals surface area contributed by atoms with Crippen molar-refractivity contribution in [3.05, 3.63) is 0 Å². The fraction of sp³-hybridized carbons (Fsp3) is 0.926. The number of unbranched alkanes of at least 4 members (excludes halogenated alkanes) is 14. The number of carbonyl (C=O) groups is 2. The third-order valence-corrected chi connectivity index (χ3v) is 6.00. The van der Waals surface area contributed by atoms with E-state index in [9.17, 15) is 9.59 Å². The van der Waals surface area contributed by atoms with Crippen molar-refractivity contribution >= 4 is 11.9 Å². The summed E-state index contributed by atoms with van der Waals surface area (Å²) in [4.78, 5) is 24.3. The van der Waals surface area contributed by atoms with Crippen LogP contribution in [0.4, 0.5) is 0 Å². The Kier molecular flexibility index (Phi) is 21.4. The van der Waals surface area contributed by atoms with Crippen LogP contribution in [0.2, 0.25) is 0 Å². The van der Waals surface area contributed by atoms with Gasteiger partial charge < -0.3 is 9.47 Å². The highest BCUT2D eigenvalue weighted by Gasteiger charge is 2.22. The van der Waals surface area contributed by atoms with Crippen LogP contribution < -0.4 is 0 Å². The van der Waals surface area contributed by atoms with Gasteiger partial charge in [0.05, 0.1) is 25.0 Å². The van der Waals surface area contributed by atoms with Crippen molar-refractivity contribution in [2.75, 3.05) is 13.2 Å². The standard InChI is InChI=1S/C27H52O4/c1-5-7-9-11-13-15-17-19-21-30-26(28)24(3)23-25(4)27(29)31-22-20-18-16-14-12-10-8-6-2/h24-25H,5-23H2,1-4H3. The molecule has 0 spiro atoms. The average molecular weight is 441 g/mol. The average Bonchev–Trinajstić information content (AvgIpc) is 2.76. The topological polar surface area (TPSA) is 52.6 Å². The van der Waals surface area contributed by atoms with Crippen molar-refractivity contribution in [1.82, 2.24) is 0 Å². The summed E-state index contributed by atoms with van der Waals surface area (Å²) in [5, 5.41) is 0. The first-order chi connectivity index (χ1) is 15.0. The van der Waals surface area contributed by atoms with Gasteiger partial charge in [-0.2, -0.15) is 0 Å². The van der Waals surface area contributed by atoms with Gasteiger partial charge in [-0.25, -0.2) is 0 Å². The molecule has 184 valence electrons. The van der Waals surface area contributed by atoms with E-state index in [-0.39, 0.29) is 23.8 Å². The molecule has 0 aliphatic heterocycles. The second-order valence-corrected chi connectivity index (χ2v) is 9.32. The number of esters is 2. The zero-order chi connectivity index (χ0) is 23.2. The Bertz CT molecular complexity index is 383. The van der Waals surface area contributed by atoms with Gasteiger partial charge in [-0.1, -0.05) is 118 Å². The second-order valence-electron chi connectivity index (χ2n) is 9.32. The van der Waals surface area contributed by atoms with Gasteiger partial charge in [-0.3, -0.25) is 9.59 Å². The lowest BCUT2D eigenvalue weighted by molar-refractivity contribution is -0.152. The summed E-state index contributed by atoms with van der Waals surface area (Å²) < 4.78 is 10.8. The van der Waals surface area contributed by atoms with Crippen molar-refractivity contribution < 1.29 is 19.1 Å². The zero-order valence-electron chi connectivity index (χ0n) is 21.2. The molecule has 0 radical (unpaired) electrons. The summed E-state index contributed by atoms with van der Waals surface area (Å²) in [6.07, 6.45) is 20.1. The van der Waals surface area contributed by atoms with Crippen LogP contribution in [0.25, 0.3) is 0 Å². The monoisotopic (exact) mass is 440 g/mol. The molecule has 0 amide bonds. The fourth-order valence-electron chi connectivity index (χ4n) is 3.82. The summed E-state index contributed by atoms with van der Waals surface area (Å²) in [6, 6.07) is 0. The first-order valence-electron chi connectivity index (χ1n) is 13.4. The van der Waals surface area contributed by atoms with Crippen molar-refractivity contribution in [1.29, 1.82) is 0 Å². The Labute approximate surface area is 193 Å². The van der Waals surface area contributed by atoms with Gasteiger partial charge in [0.2, 0.25) is 0 Å². The quantitative estimate of drug-likeness (QED) is 0.126. The van der Waals surface area contributed by atoms with Crippen molar-refractivity contribution in [3.63, 3.8) is 0 Å². The molecular formula is C27H52O4. The molecule has 0 fully saturated rings. The lowest BCUT2D eigenvalue weighted by atomic mass is 9.97. The van der Waals surface area contributed by atoms with Gasteiger partial charge in [0.1, 0.15) is 0 Å². The molecule has 0 N–H and O–H groups in total. The maximum absolute atomic E-state index is 12.2. The minimum atomic E-state index is -0.264. The Morgan fingerprint density at radius 2 is 0.806 bits per heavy atom. The third-order valence-electron chi connectivity index (χ3n) is 6.00. The Hall–Kier alpha value is -1.06. The molecule has 0 heterocycles. The Morgan fingerprint density at radius 3 is 1.13 bits per heavy atom. The van der Waals surface area contributed by atoms with E-state index in [1.807, 2.05) is 13.8 Å². The number of hydrogen-bond donors (Lipinski definition) is 0. The summed E-state index contributed by atoms with van der Waals surface area (Å²) in [5.74, 6) is -0.907. The van der Waals surface area contributed by atoms with Gasteiger partial charge in [0, 0.05) is 0 Å². The van der Waals surface area contributed by atoms with E-state index >= 15 is 0 Å².